The summed E-state index contributed by atoms with van der Waals surface area (Å²) in [6, 6.07) is 4.08. The summed E-state index contributed by atoms with van der Waals surface area (Å²) in [5, 5.41) is 8.41. The molecule has 0 bridgehead atoms. The third-order valence-corrected chi connectivity index (χ3v) is 4.23. The molecule has 0 aromatic heterocycles. The molecular formula is C11H13BrFNO4S. The van der Waals surface area contributed by atoms with Gasteiger partial charge in [-0.2, -0.15) is 0 Å². The number of carbonyl (C=O) groups is 1. The first-order valence-electron chi connectivity index (χ1n) is 5.43. The van der Waals surface area contributed by atoms with Crippen LogP contribution in [0.25, 0.3) is 0 Å². The number of hydrogen-bond acceptors (Lipinski definition) is 3. The Bertz CT molecular complexity index is 562. The molecular weight excluding hydrogens is 341 g/mol. The van der Waals surface area contributed by atoms with E-state index in [1.165, 1.54) is 12.1 Å². The Morgan fingerprint density at radius 2 is 2.11 bits per heavy atom. The van der Waals surface area contributed by atoms with Gasteiger partial charge in [0.2, 0.25) is 10.0 Å². The number of carboxylic acid groups (broad SMARTS) is 1. The molecule has 106 valence electrons. The van der Waals surface area contributed by atoms with E-state index >= 15 is 0 Å². The van der Waals surface area contributed by atoms with Gasteiger partial charge < -0.3 is 5.11 Å². The molecule has 0 spiro atoms. The largest absolute Gasteiger partial charge is 0.481 e. The molecule has 0 unspecified atom stereocenters. The average molecular weight is 354 g/mol. The zero-order chi connectivity index (χ0) is 14.5. The van der Waals surface area contributed by atoms with Crippen LogP contribution in [0.1, 0.15) is 18.4 Å². The number of rotatable bonds is 7. The lowest BCUT2D eigenvalue weighted by Crippen LogP contribution is -2.26. The second-order valence-corrected chi connectivity index (χ2v) is 6.56. The van der Waals surface area contributed by atoms with E-state index < -0.39 is 21.8 Å². The van der Waals surface area contributed by atoms with Crippen LogP contribution < -0.4 is 4.72 Å². The van der Waals surface area contributed by atoms with E-state index in [9.17, 15) is 17.6 Å². The Morgan fingerprint density at radius 1 is 1.42 bits per heavy atom. The molecule has 0 atom stereocenters. The molecule has 0 aliphatic heterocycles. The van der Waals surface area contributed by atoms with Crippen LogP contribution >= 0.6 is 15.9 Å². The molecule has 1 aromatic carbocycles. The van der Waals surface area contributed by atoms with Crippen LogP contribution in [0.3, 0.4) is 0 Å². The van der Waals surface area contributed by atoms with Crippen molar-refractivity contribution in [3.05, 3.63) is 34.1 Å². The van der Waals surface area contributed by atoms with Crippen LogP contribution in [-0.2, 0) is 20.6 Å². The first-order chi connectivity index (χ1) is 8.80. The summed E-state index contributed by atoms with van der Waals surface area (Å²) in [5.41, 5.74) is 0.325. The zero-order valence-electron chi connectivity index (χ0n) is 9.90. The van der Waals surface area contributed by atoms with Gasteiger partial charge in [-0.25, -0.2) is 17.5 Å². The Hall–Kier alpha value is -0.990. The smallest absolute Gasteiger partial charge is 0.303 e. The van der Waals surface area contributed by atoms with Gasteiger partial charge >= 0.3 is 5.97 Å². The lowest BCUT2D eigenvalue weighted by atomic mass is 10.2. The Balaban J connectivity index is 2.54. The molecule has 0 saturated heterocycles. The van der Waals surface area contributed by atoms with Crippen molar-refractivity contribution in [2.75, 3.05) is 6.54 Å². The summed E-state index contributed by atoms with van der Waals surface area (Å²) in [4.78, 5) is 10.3. The summed E-state index contributed by atoms with van der Waals surface area (Å²) in [5.74, 6) is -1.85. The zero-order valence-corrected chi connectivity index (χ0v) is 12.3. The molecule has 0 aliphatic carbocycles. The summed E-state index contributed by atoms with van der Waals surface area (Å²) in [6.45, 7) is 0.0492. The highest BCUT2D eigenvalue weighted by atomic mass is 79.9. The third kappa shape index (κ3) is 6.13. The van der Waals surface area contributed by atoms with Crippen LogP contribution in [0.2, 0.25) is 0 Å². The van der Waals surface area contributed by atoms with Gasteiger partial charge in [-0.15, -0.1) is 0 Å². The maximum atomic E-state index is 13.2. The van der Waals surface area contributed by atoms with E-state index in [-0.39, 0.29) is 29.6 Å². The van der Waals surface area contributed by atoms with Crippen LogP contribution in [-0.4, -0.2) is 26.0 Å². The second kappa shape index (κ2) is 6.97. The molecule has 2 N–H and O–H groups in total. The predicted octanol–water partition coefficient (Wildman–Crippen LogP) is 1.87. The fourth-order valence-electron chi connectivity index (χ4n) is 1.37. The lowest BCUT2D eigenvalue weighted by Gasteiger charge is -2.06. The Morgan fingerprint density at radius 3 is 2.68 bits per heavy atom. The van der Waals surface area contributed by atoms with E-state index in [0.717, 1.165) is 6.07 Å². The van der Waals surface area contributed by atoms with Crippen molar-refractivity contribution in [3.63, 3.8) is 0 Å². The molecule has 0 aliphatic rings. The Kier molecular flexibility index (Phi) is 5.89. The number of sulfonamides is 1. The highest BCUT2D eigenvalue weighted by Gasteiger charge is 2.12. The number of hydrogen-bond donors (Lipinski definition) is 2. The molecule has 8 heteroatoms. The molecule has 0 heterocycles. The predicted molar refractivity (Wildman–Crippen MR) is 71.6 cm³/mol. The maximum Gasteiger partial charge on any atom is 0.303 e. The van der Waals surface area contributed by atoms with E-state index in [1.807, 2.05) is 0 Å². The molecule has 5 nitrogen and oxygen atoms in total. The van der Waals surface area contributed by atoms with Gasteiger partial charge in [0.1, 0.15) is 5.82 Å². The van der Waals surface area contributed by atoms with E-state index in [0.29, 0.717) is 5.56 Å². The first kappa shape index (κ1) is 16.1. The lowest BCUT2D eigenvalue weighted by molar-refractivity contribution is -0.137. The summed E-state index contributed by atoms with van der Waals surface area (Å²) < 4.78 is 39.1. The van der Waals surface area contributed by atoms with Gasteiger partial charge in [0.15, 0.2) is 0 Å². The number of aliphatic carboxylic acids is 1. The fraction of sp³-hybridized carbons (Fsp3) is 0.364. The van der Waals surface area contributed by atoms with Crippen molar-refractivity contribution in [1.82, 2.24) is 4.72 Å². The van der Waals surface area contributed by atoms with Gasteiger partial charge in [-0.1, -0.05) is 6.07 Å². The van der Waals surface area contributed by atoms with Gasteiger partial charge in [0.05, 0.1) is 10.2 Å². The summed E-state index contributed by atoms with van der Waals surface area (Å²) in [6.07, 6.45) is 0.110. The topological polar surface area (TPSA) is 83.5 Å². The molecule has 1 rings (SSSR count). The fourth-order valence-corrected chi connectivity index (χ4v) is 2.79. The molecule has 19 heavy (non-hydrogen) atoms. The quantitative estimate of drug-likeness (QED) is 0.733. The van der Waals surface area contributed by atoms with Crippen molar-refractivity contribution in [1.29, 1.82) is 0 Å². The van der Waals surface area contributed by atoms with Crippen molar-refractivity contribution >= 4 is 31.9 Å². The van der Waals surface area contributed by atoms with Crippen molar-refractivity contribution in [2.45, 2.75) is 18.6 Å². The SMILES string of the molecule is O=C(O)CCCNS(=O)(=O)Cc1ccc(Br)c(F)c1. The summed E-state index contributed by atoms with van der Waals surface area (Å²) >= 11 is 2.98. The standard InChI is InChI=1S/C11H13BrFNO4S/c12-9-4-3-8(6-10(9)13)7-19(17,18)14-5-1-2-11(15)16/h3-4,6,14H,1-2,5,7H2,(H,15,16). The first-order valence-corrected chi connectivity index (χ1v) is 7.88. The van der Waals surface area contributed by atoms with E-state index in [2.05, 4.69) is 20.7 Å². The van der Waals surface area contributed by atoms with Gasteiger partial charge in [0.25, 0.3) is 0 Å². The number of benzene rings is 1. The Labute approximate surface area is 119 Å². The number of halogens is 2. The number of carboxylic acids is 1. The van der Waals surface area contributed by atoms with Crippen LogP contribution in [0.4, 0.5) is 4.39 Å². The molecule has 0 radical (unpaired) electrons. The molecule has 0 saturated carbocycles. The maximum absolute atomic E-state index is 13.2. The minimum absolute atomic E-state index is 0.0492. The van der Waals surface area contributed by atoms with Crippen molar-refractivity contribution in [3.8, 4) is 0 Å². The minimum atomic E-state index is -3.59. The van der Waals surface area contributed by atoms with Crippen LogP contribution in [0, 0.1) is 5.82 Å². The van der Waals surface area contributed by atoms with E-state index in [4.69, 9.17) is 5.11 Å². The monoisotopic (exact) mass is 353 g/mol. The van der Waals surface area contributed by atoms with Gasteiger partial charge in [-0.05, 0) is 40.0 Å². The number of nitrogens with one attached hydrogen (secondary N) is 1. The van der Waals surface area contributed by atoms with Crippen molar-refractivity contribution in [2.24, 2.45) is 0 Å². The summed E-state index contributed by atoms with van der Waals surface area (Å²) in [7, 11) is -3.59. The van der Waals surface area contributed by atoms with Crippen LogP contribution in [0.5, 0.6) is 0 Å². The van der Waals surface area contributed by atoms with Gasteiger partial charge in [0, 0.05) is 13.0 Å². The average Bonchev–Trinajstić information content (AvgIpc) is 2.29. The molecule has 1 aromatic rings. The molecule has 0 fully saturated rings. The van der Waals surface area contributed by atoms with E-state index in [1.54, 1.807) is 0 Å². The minimum Gasteiger partial charge on any atom is -0.481 e. The molecule has 0 amide bonds. The van der Waals surface area contributed by atoms with Crippen LogP contribution in [0.15, 0.2) is 22.7 Å². The third-order valence-electron chi connectivity index (χ3n) is 2.23. The second-order valence-electron chi connectivity index (χ2n) is 3.90. The normalized spacial score (nSPS) is 11.5. The highest BCUT2D eigenvalue weighted by molar-refractivity contribution is 9.10. The highest BCUT2D eigenvalue weighted by Crippen LogP contribution is 2.17. The van der Waals surface area contributed by atoms with Gasteiger partial charge in [-0.3, -0.25) is 4.79 Å². The van der Waals surface area contributed by atoms with Crippen molar-refractivity contribution < 1.29 is 22.7 Å².